The third-order valence-corrected chi connectivity index (χ3v) is 3.42. The topological polar surface area (TPSA) is 18.5 Å². The standard InChI is InChI=1S/C21H18O2/c1-17(18-11-5-2-6-12-18)21(22-19-13-7-3-8-14-19)23-20-15-9-4-10-16-20/h2-16H,1H3. The lowest BCUT2D eigenvalue weighted by Crippen LogP contribution is -2.06. The van der Waals surface area contributed by atoms with Gasteiger partial charge in [-0.25, -0.2) is 0 Å². The first-order valence-corrected chi connectivity index (χ1v) is 7.55. The first-order valence-electron chi connectivity index (χ1n) is 7.55. The second-order valence-corrected chi connectivity index (χ2v) is 5.11. The van der Waals surface area contributed by atoms with Crippen molar-refractivity contribution in [2.75, 3.05) is 0 Å². The molecule has 3 rings (SSSR count). The van der Waals surface area contributed by atoms with Crippen molar-refractivity contribution in [3.8, 4) is 11.5 Å². The molecule has 3 aromatic carbocycles. The number of rotatable bonds is 5. The van der Waals surface area contributed by atoms with Crippen LogP contribution in [-0.4, -0.2) is 0 Å². The lowest BCUT2D eigenvalue weighted by molar-refractivity contribution is 0.228. The van der Waals surface area contributed by atoms with Crippen molar-refractivity contribution in [2.24, 2.45) is 0 Å². The van der Waals surface area contributed by atoms with Crippen molar-refractivity contribution in [3.05, 3.63) is 103 Å². The first-order chi connectivity index (χ1) is 11.3. The number of hydrogen-bond acceptors (Lipinski definition) is 2. The van der Waals surface area contributed by atoms with Crippen LogP contribution in [0.4, 0.5) is 0 Å². The summed E-state index contributed by atoms with van der Waals surface area (Å²) in [7, 11) is 0. The van der Waals surface area contributed by atoms with Crippen LogP contribution in [0.25, 0.3) is 5.57 Å². The molecule has 0 bridgehead atoms. The predicted octanol–water partition coefficient (Wildman–Crippen LogP) is 5.53. The number of para-hydroxylation sites is 2. The number of hydrogen-bond donors (Lipinski definition) is 0. The fraction of sp³-hybridized carbons (Fsp3) is 0.0476. The number of allylic oxidation sites excluding steroid dienone is 1. The van der Waals surface area contributed by atoms with E-state index in [1.54, 1.807) is 0 Å². The normalized spacial score (nSPS) is 9.96. The van der Waals surface area contributed by atoms with Crippen LogP contribution >= 0.6 is 0 Å². The van der Waals surface area contributed by atoms with Crippen molar-refractivity contribution >= 4 is 5.57 Å². The molecule has 2 nitrogen and oxygen atoms in total. The highest BCUT2D eigenvalue weighted by atomic mass is 16.7. The lowest BCUT2D eigenvalue weighted by Gasteiger charge is -2.15. The van der Waals surface area contributed by atoms with Gasteiger partial charge in [-0.1, -0.05) is 66.7 Å². The van der Waals surface area contributed by atoms with E-state index in [9.17, 15) is 0 Å². The summed E-state index contributed by atoms with van der Waals surface area (Å²) >= 11 is 0. The molecule has 0 amide bonds. The van der Waals surface area contributed by atoms with Crippen LogP contribution in [0.2, 0.25) is 0 Å². The highest BCUT2D eigenvalue weighted by Crippen LogP contribution is 2.24. The molecular formula is C21H18O2. The molecule has 0 unspecified atom stereocenters. The minimum Gasteiger partial charge on any atom is -0.426 e. The molecule has 3 aromatic rings. The van der Waals surface area contributed by atoms with Crippen LogP contribution in [0.1, 0.15) is 12.5 Å². The summed E-state index contributed by atoms with van der Waals surface area (Å²) in [5.41, 5.74) is 2.01. The van der Waals surface area contributed by atoms with Gasteiger partial charge in [0.2, 0.25) is 0 Å². The van der Waals surface area contributed by atoms with Gasteiger partial charge in [-0.3, -0.25) is 0 Å². The average molecular weight is 302 g/mol. The van der Waals surface area contributed by atoms with Gasteiger partial charge >= 0.3 is 0 Å². The summed E-state index contributed by atoms with van der Waals surface area (Å²) in [6.07, 6.45) is 0. The van der Waals surface area contributed by atoms with Crippen LogP contribution in [0.5, 0.6) is 11.5 Å². The van der Waals surface area contributed by atoms with Crippen molar-refractivity contribution < 1.29 is 9.47 Å². The van der Waals surface area contributed by atoms with Gasteiger partial charge in [-0.05, 0) is 36.8 Å². The Bertz CT molecular complexity index is 719. The van der Waals surface area contributed by atoms with E-state index in [2.05, 4.69) is 0 Å². The Morgan fingerprint density at radius 2 is 0.957 bits per heavy atom. The van der Waals surface area contributed by atoms with E-state index in [0.29, 0.717) is 5.95 Å². The third-order valence-electron chi connectivity index (χ3n) is 3.42. The maximum Gasteiger partial charge on any atom is 0.293 e. The molecule has 0 N–H and O–H groups in total. The molecule has 0 spiro atoms. The number of ether oxygens (including phenoxy) is 2. The quantitative estimate of drug-likeness (QED) is 0.577. The molecule has 0 aliphatic heterocycles. The summed E-state index contributed by atoms with van der Waals surface area (Å²) in [5, 5.41) is 0. The number of benzene rings is 3. The van der Waals surface area contributed by atoms with E-state index < -0.39 is 0 Å². The van der Waals surface area contributed by atoms with E-state index in [4.69, 9.17) is 9.47 Å². The first kappa shape index (κ1) is 14.9. The minimum atomic E-state index is 0.480. The minimum absolute atomic E-state index is 0.480. The van der Waals surface area contributed by atoms with Crippen molar-refractivity contribution in [2.45, 2.75) is 6.92 Å². The molecule has 0 aromatic heterocycles. The molecule has 0 radical (unpaired) electrons. The zero-order valence-electron chi connectivity index (χ0n) is 13.0. The molecule has 0 fully saturated rings. The predicted molar refractivity (Wildman–Crippen MR) is 93.2 cm³/mol. The zero-order valence-corrected chi connectivity index (χ0v) is 13.0. The van der Waals surface area contributed by atoms with Crippen molar-refractivity contribution in [1.82, 2.24) is 0 Å². The summed E-state index contributed by atoms with van der Waals surface area (Å²) < 4.78 is 12.0. The van der Waals surface area contributed by atoms with Gasteiger partial charge in [0.1, 0.15) is 11.5 Å². The van der Waals surface area contributed by atoms with Gasteiger partial charge in [0, 0.05) is 5.57 Å². The van der Waals surface area contributed by atoms with Crippen molar-refractivity contribution in [1.29, 1.82) is 0 Å². The second-order valence-electron chi connectivity index (χ2n) is 5.11. The Labute approximate surface area is 136 Å². The SMILES string of the molecule is CC(=C(Oc1ccccc1)Oc1ccccc1)c1ccccc1. The Morgan fingerprint density at radius 3 is 1.39 bits per heavy atom. The summed E-state index contributed by atoms with van der Waals surface area (Å²) in [4.78, 5) is 0. The van der Waals surface area contributed by atoms with E-state index in [0.717, 1.165) is 22.6 Å². The van der Waals surface area contributed by atoms with Crippen molar-refractivity contribution in [3.63, 3.8) is 0 Å². The van der Waals surface area contributed by atoms with Gasteiger partial charge in [-0.15, -0.1) is 0 Å². The van der Waals surface area contributed by atoms with Gasteiger partial charge in [0.25, 0.3) is 5.95 Å². The van der Waals surface area contributed by atoms with Gasteiger partial charge in [-0.2, -0.15) is 0 Å². The van der Waals surface area contributed by atoms with Crippen LogP contribution in [0.15, 0.2) is 96.9 Å². The Morgan fingerprint density at radius 1 is 0.565 bits per heavy atom. The Balaban J connectivity index is 1.96. The molecular weight excluding hydrogens is 284 g/mol. The lowest BCUT2D eigenvalue weighted by atomic mass is 10.1. The van der Waals surface area contributed by atoms with E-state index >= 15 is 0 Å². The highest BCUT2D eigenvalue weighted by Gasteiger charge is 2.11. The third kappa shape index (κ3) is 4.01. The molecule has 0 heterocycles. The molecule has 0 aliphatic rings. The van der Waals surface area contributed by atoms with E-state index in [-0.39, 0.29) is 0 Å². The average Bonchev–Trinajstić information content (AvgIpc) is 2.63. The smallest absolute Gasteiger partial charge is 0.293 e. The molecule has 0 aliphatic carbocycles. The highest BCUT2D eigenvalue weighted by molar-refractivity contribution is 5.65. The molecule has 0 saturated heterocycles. The largest absolute Gasteiger partial charge is 0.426 e. The molecule has 0 saturated carbocycles. The van der Waals surface area contributed by atoms with Gasteiger partial charge in [0.15, 0.2) is 0 Å². The fourth-order valence-electron chi connectivity index (χ4n) is 2.17. The van der Waals surface area contributed by atoms with E-state index in [1.807, 2.05) is 97.9 Å². The molecule has 2 heteroatoms. The summed E-state index contributed by atoms with van der Waals surface area (Å²) in [6, 6.07) is 29.4. The monoisotopic (exact) mass is 302 g/mol. The Kier molecular flexibility index (Phi) is 4.75. The maximum atomic E-state index is 5.99. The van der Waals surface area contributed by atoms with Gasteiger partial charge < -0.3 is 9.47 Å². The zero-order chi connectivity index (χ0) is 15.9. The van der Waals surface area contributed by atoms with Crippen LogP contribution < -0.4 is 9.47 Å². The van der Waals surface area contributed by atoms with Crippen LogP contribution in [0, 0.1) is 0 Å². The summed E-state index contributed by atoms with van der Waals surface area (Å²) in [5.74, 6) is 1.97. The van der Waals surface area contributed by atoms with Crippen LogP contribution in [0.3, 0.4) is 0 Å². The Hall–Kier alpha value is -3.00. The molecule has 23 heavy (non-hydrogen) atoms. The molecule has 114 valence electrons. The molecule has 0 atom stereocenters. The van der Waals surface area contributed by atoms with Gasteiger partial charge in [0.05, 0.1) is 0 Å². The second kappa shape index (κ2) is 7.32. The maximum absolute atomic E-state index is 5.99. The van der Waals surface area contributed by atoms with E-state index in [1.165, 1.54) is 0 Å². The van der Waals surface area contributed by atoms with Crippen LogP contribution in [-0.2, 0) is 0 Å². The fourth-order valence-corrected chi connectivity index (χ4v) is 2.17. The summed E-state index contributed by atoms with van der Waals surface area (Å²) in [6.45, 7) is 2.00.